The number of ether oxygens (including phenoxy) is 1. The molecule has 1 saturated heterocycles. The van der Waals surface area contributed by atoms with Crippen molar-refractivity contribution >= 4 is 17.2 Å². The highest BCUT2D eigenvalue weighted by Crippen LogP contribution is 2.37. The second-order valence-corrected chi connectivity index (χ2v) is 8.95. The van der Waals surface area contributed by atoms with Crippen LogP contribution in [-0.4, -0.2) is 53.2 Å². The molecule has 1 aliphatic carbocycles. The van der Waals surface area contributed by atoms with Gasteiger partial charge in [0.2, 0.25) is 5.88 Å². The van der Waals surface area contributed by atoms with E-state index in [9.17, 15) is 9.90 Å². The molecular formula is C21H27N3O3S. The Morgan fingerprint density at radius 2 is 2.11 bits per heavy atom. The molecule has 0 bridgehead atoms. The molecular weight excluding hydrogens is 374 g/mol. The van der Waals surface area contributed by atoms with Crippen molar-refractivity contribution in [3.63, 3.8) is 0 Å². The van der Waals surface area contributed by atoms with Crippen molar-refractivity contribution in [2.45, 2.75) is 38.5 Å². The van der Waals surface area contributed by atoms with E-state index in [4.69, 9.17) is 4.74 Å². The van der Waals surface area contributed by atoms with E-state index in [0.29, 0.717) is 23.3 Å². The number of fused-ring (bicyclic) bond motifs is 1. The fourth-order valence-electron chi connectivity index (χ4n) is 4.47. The van der Waals surface area contributed by atoms with Crippen molar-refractivity contribution in [3.8, 4) is 5.88 Å². The largest absolute Gasteiger partial charge is 0.481 e. The molecule has 1 saturated carbocycles. The summed E-state index contributed by atoms with van der Waals surface area (Å²) in [4.78, 5) is 20.6. The number of hydrogen-bond acceptors (Lipinski definition) is 6. The van der Waals surface area contributed by atoms with Crippen LogP contribution in [0.1, 0.15) is 33.6 Å². The van der Waals surface area contributed by atoms with E-state index in [1.165, 1.54) is 16.6 Å². The van der Waals surface area contributed by atoms with Crippen LogP contribution in [0.2, 0.25) is 0 Å². The lowest BCUT2D eigenvalue weighted by Crippen LogP contribution is -2.49. The van der Waals surface area contributed by atoms with Crippen LogP contribution in [0, 0.1) is 18.8 Å². The van der Waals surface area contributed by atoms with Crippen molar-refractivity contribution < 1.29 is 14.6 Å². The maximum Gasteiger partial charge on any atom is 0.253 e. The minimum absolute atomic E-state index is 0.193. The molecule has 2 aliphatic rings. The average Bonchev–Trinajstić information content (AvgIpc) is 3.27. The van der Waals surface area contributed by atoms with Gasteiger partial charge >= 0.3 is 0 Å². The summed E-state index contributed by atoms with van der Waals surface area (Å²) in [6.45, 7) is 5.22. The summed E-state index contributed by atoms with van der Waals surface area (Å²) in [6, 6.07) is 5.33. The number of aliphatic hydroxyl groups excluding tert-OH is 1. The number of nitrogens with zero attached hydrogens (tertiary/aromatic N) is 2. The van der Waals surface area contributed by atoms with Crippen LogP contribution in [0.15, 0.2) is 29.8 Å². The van der Waals surface area contributed by atoms with Crippen molar-refractivity contribution in [2.75, 3.05) is 20.2 Å². The predicted octanol–water partition coefficient (Wildman–Crippen LogP) is 2.46. The summed E-state index contributed by atoms with van der Waals surface area (Å²) in [5.74, 6) is 1.31. The van der Waals surface area contributed by atoms with Crippen molar-refractivity contribution in [1.29, 1.82) is 0 Å². The lowest BCUT2D eigenvalue weighted by molar-refractivity contribution is 0.0461. The Hall–Kier alpha value is -1.96. The van der Waals surface area contributed by atoms with E-state index in [2.05, 4.69) is 33.6 Å². The zero-order valence-electron chi connectivity index (χ0n) is 16.3. The standard InChI is InChI=1S/C21H27N3O3S/c1-13-5-6-28-19(13)12-24-10-15-7-17(18(25)8-16(15)11-24)23-21(26)14-3-4-20(27-2)22-9-14/h3-6,9,15-18,25H,7-8,10-12H2,1-2H3,(H,23,26)/t15-,16+,17-,18-/m0/s1. The first-order valence-corrected chi connectivity index (χ1v) is 10.7. The Labute approximate surface area is 169 Å². The molecule has 2 N–H and O–H groups in total. The minimum atomic E-state index is -0.500. The molecule has 150 valence electrons. The zero-order valence-corrected chi connectivity index (χ0v) is 17.1. The fraction of sp³-hybridized carbons (Fsp3) is 0.524. The maximum absolute atomic E-state index is 12.6. The molecule has 28 heavy (non-hydrogen) atoms. The van der Waals surface area contributed by atoms with Gasteiger partial charge in [-0.05, 0) is 54.7 Å². The third-order valence-electron chi connectivity index (χ3n) is 6.08. The summed E-state index contributed by atoms with van der Waals surface area (Å²) in [5.41, 5.74) is 1.84. The molecule has 2 aromatic heterocycles. The lowest BCUT2D eigenvalue weighted by atomic mass is 9.77. The Balaban J connectivity index is 1.36. The van der Waals surface area contributed by atoms with E-state index in [1.54, 1.807) is 19.2 Å². The Morgan fingerprint density at radius 1 is 1.32 bits per heavy atom. The molecule has 4 atom stereocenters. The number of rotatable bonds is 5. The summed E-state index contributed by atoms with van der Waals surface area (Å²) in [7, 11) is 1.54. The number of pyridine rings is 1. The van der Waals surface area contributed by atoms with Gasteiger partial charge in [0.25, 0.3) is 5.91 Å². The van der Waals surface area contributed by atoms with Gasteiger partial charge in [0, 0.05) is 36.8 Å². The van der Waals surface area contributed by atoms with Crippen LogP contribution in [0.25, 0.3) is 0 Å². The molecule has 7 heteroatoms. The van der Waals surface area contributed by atoms with Crippen LogP contribution in [0.4, 0.5) is 0 Å². The Bertz CT molecular complexity index is 823. The van der Waals surface area contributed by atoms with Gasteiger partial charge in [0.1, 0.15) is 0 Å². The zero-order chi connectivity index (χ0) is 19.7. The van der Waals surface area contributed by atoms with Crippen LogP contribution in [-0.2, 0) is 6.54 Å². The number of methoxy groups -OCH3 is 1. The Kier molecular flexibility index (Phi) is 5.66. The molecule has 6 nitrogen and oxygen atoms in total. The smallest absolute Gasteiger partial charge is 0.253 e. The molecule has 0 aromatic carbocycles. The lowest BCUT2D eigenvalue weighted by Gasteiger charge is -2.35. The van der Waals surface area contributed by atoms with E-state index in [0.717, 1.165) is 32.5 Å². The number of aromatic nitrogens is 1. The number of nitrogens with one attached hydrogen (secondary N) is 1. The highest BCUT2D eigenvalue weighted by molar-refractivity contribution is 7.10. The van der Waals surface area contributed by atoms with Gasteiger partial charge in [-0.2, -0.15) is 0 Å². The summed E-state index contributed by atoms with van der Waals surface area (Å²) >= 11 is 1.82. The van der Waals surface area contributed by atoms with Crippen LogP contribution in [0.5, 0.6) is 5.88 Å². The molecule has 3 heterocycles. The number of carbonyl (C=O) groups excluding carboxylic acids is 1. The van der Waals surface area contributed by atoms with Gasteiger partial charge in [0.15, 0.2) is 0 Å². The third kappa shape index (κ3) is 4.06. The highest BCUT2D eigenvalue weighted by Gasteiger charge is 2.42. The van der Waals surface area contributed by atoms with Gasteiger partial charge in [-0.1, -0.05) is 0 Å². The minimum Gasteiger partial charge on any atom is -0.481 e. The van der Waals surface area contributed by atoms with Crippen molar-refractivity contribution in [1.82, 2.24) is 15.2 Å². The number of amides is 1. The number of aliphatic hydroxyl groups is 1. The van der Waals surface area contributed by atoms with Crippen LogP contribution in [0.3, 0.4) is 0 Å². The number of aryl methyl sites for hydroxylation is 1. The van der Waals surface area contributed by atoms with Crippen LogP contribution >= 0.6 is 11.3 Å². The van der Waals surface area contributed by atoms with E-state index >= 15 is 0 Å². The molecule has 2 fully saturated rings. The van der Waals surface area contributed by atoms with E-state index in [-0.39, 0.29) is 11.9 Å². The normalized spacial score (nSPS) is 27.4. The first kappa shape index (κ1) is 19.4. The number of likely N-dealkylation sites (tertiary alicyclic amines) is 1. The van der Waals surface area contributed by atoms with Gasteiger partial charge in [-0.15, -0.1) is 11.3 Å². The summed E-state index contributed by atoms with van der Waals surface area (Å²) in [6.07, 6.45) is 2.57. The SMILES string of the molecule is COc1ccc(C(=O)N[C@H]2C[C@H]3CN(Cc4sccc4C)C[C@H]3C[C@@H]2O)cn1. The van der Waals surface area contributed by atoms with E-state index < -0.39 is 6.10 Å². The molecule has 4 rings (SSSR count). The first-order chi connectivity index (χ1) is 13.5. The first-order valence-electron chi connectivity index (χ1n) is 9.77. The average molecular weight is 402 g/mol. The molecule has 0 spiro atoms. The van der Waals surface area contributed by atoms with E-state index in [1.807, 2.05) is 11.3 Å². The molecule has 0 unspecified atom stereocenters. The monoisotopic (exact) mass is 401 g/mol. The Morgan fingerprint density at radius 3 is 2.75 bits per heavy atom. The number of thiophene rings is 1. The van der Waals surface area contributed by atoms with Gasteiger partial charge < -0.3 is 15.2 Å². The van der Waals surface area contributed by atoms with Gasteiger partial charge in [-0.3, -0.25) is 9.69 Å². The second kappa shape index (κ2) is 8.19. The highest BCUT2D eigenvalue weighted by atomic mass is 32.1. The van der Waals surface area contributed by atoms with Crippen LogP contribution < -0.4 is 10.1 Å². The second-order valence-electron chi connectivity index (χ2n) is 7.95. The van der Waals surface area contributed by atoms with Crippen molar-refractivity contribution in [2.24, 2.45) is 11.8 Å². The van der Waals surface area contributed by atoms with Gasteiger partial charge in [-0.25, -0.2) is 4.98 Å². The number of hydrogen-bond donors (Lipinski definition) is 2. The molecule has 2 aromatic rings. The maximum atomic E-state index is 12.6. The molecule has 1 amide bonds. The summed E-state index contributed by atoms with van der Waals surface area (Å²) < 4.78 is 5.03. The van der Waals surface area contributed by atoms with Gasteiger partial charge in [0.05, 0.1) is 24.8 Å². The fourth-order valence-corrected chi connectivity index (χ4v) is 5.42. The summed E-state index contributed by atoms with van der Waals surface area (Å²) in [5, 5.41) is 15.8. The third-order valence-corrected chi connectivity index (χ3v) is 7.08. The quantitative estimate of drug-likeness (QED) is 0.805. The molecule has 0 radical (unpaired) electrons. The number of carbonyl (C=O) groups is 1. The predicted molar refractivity (Wildman–Crippen MR) is 109 cm³/mol. The topological polar surface area (TPSA) is 74.7 Å². The van der Waals surface area contributed by atoms with Crippen molar-refractivity contribution in [3.05, 3.63) is 45.8 Å². The molecule has 1 aliphatic heterocycles.